The lowest BCUT2D eigenvalue weighted by Gasteiger charge is -2.37. The number of aromatic carboxylic acids is 1. The summed E-state index contributed by atoms with van der Waals surface area (Å²) in [5.74, 6) is -1.98. The maximum atomic E-state index is 15.2. The fraction of sp³-hybridized carbons (Fsp3) is 0.500. The molecule has 2 aliphatic heterocycles. The van der Waals surface area contributed by atoms with Crippen LogP contribution >= 0.6 is 11.6 Å². The summed E-state index contributed by atoms with van der Waals surface area (Å²) in [6.07, 6.45) is 2.40. The first-order valence-electron chi connectivity index (χ1n) is 10.5. The number of nitrogens with zero attached hydrogens (tertiary/aromatic N) is 2. The van der Waals surface area contributed by atoms with Crippen LogP contribution in [0.4, 0.5) is 14.9 Å². The van der Waals surface area contributed by atoms with Gasteiger partial charge in [0.2, 0.25) is 5.43 Å². The van der Waals surface area contributed by atoms with Crippen LogP contribution in [-0.2, 0) is 4.74 Å². The lowest BCUT2D eigenvalue weighted by molar-refractivity contribution is 0.00668. The van der Waals surface area contributed by atoms with Gasteiger partial charge in [0.15, 0.2) is 0 Å². The van der Waals surface area contributed by atoms with E-state index in [1.807, 2.05) is 20.8 Å². The maximum absolute atomic E-state index is 15.2. The van der Waals surface area contributed by atoms with Crippen molar-refractivity contribution in [2.75, 3.05) is 24.5 Å². The number of carbonyl (C=O) groups is 2. The highest BCUT2D eigenvalue weighted by Crippen LogP contribution is 2.40. The fourth-order valence-electron chi connectivity index (χ4n) is 4.64. The number of ether oxygens (including phenoxy) is 1. The number of carboxylic acids is 1. The quantitative estimate of drug-likeness (QED) is 0.698. The molecule has 172 valence electrons. The molecule has 0 spiro atoms. The first-order valence-corrected chi connectivity index (χ1v) is 10.9. The Bertz CT molecular complexity index is 1160. The predicted octanol–water partition coefficient (Wildman–Crippen LogP) is 3.85. The zero-order chi connectivity index (χ0) is 23.4. The Balaban J connectivity index is 1.68. The number of carboxylic acid groups (broad SMARTS) is 1. The molecule has 2 aliphatic rings. The normalized spacial score (nSPS) is 21.0. The number of rotatable bonds is 2. The number of pyridine rings is 1. The van der Waals surface area contributed by atoms with Gasteiger partial charge in [-0.3, -0.25) is 4.79 Å². The molecule has 0 saturated carbocycles. The molecule has 2 saturated heterocycles. The van der Waals surface area contributed by atoms with Crippen LogP contribution in [0.5, 0.6) is 0 Å². The highest BCUT2D eigenvalue weighted by molar-refractivity contribution is 6.37. The Labute approximate surface area is 188 Å². The smallest absolute Gasteiger partial charge is 0.410 e. The fourth-order valence-corrected chi connectivity index (χ4v) is 5.01. The summed E-state index contributed by atoms with van der Waals surface area (Å²) in [7, 11) is 0. The van der Waals surface area contributed by atoms with Crippen molar-refractivity contribution in [2.45, 2.75) is 45.3 Å². The molecule has 2 aromatic rings. The van der Waals surface area contributed by atoms with E-state index >= 15 is 4.39 Å². The molecule has 0 radical (unpaired) electrons. The third-order valence-corrected chi connectivity index (χ3v) is 6.37. The van der Waals surface area contributed by atoms with Gasteiger partial charge >= 0.3 is 12.1 Å². The van der Waals surface area contributed by atoms with Crippen LogP contribution in [0.1, 0.15) is 44.0 Å². The largest absolute Gasteiger partial charge is 0.477 e. The SMILES string of the molecule is CC(C)(C)OC(=O)N1CCC[C@H]2CN(c3c(F)cc4c(=O)c(C(=O)O)c[nH]c4c3Cl)C[C@H]21. The molecular formula is C22H25ClFN3O5. The molecule has 32 heavy (non-hydrogen) atoms. The number of piperidine rings is 1. The maximum Gasteiger partial charge on any atom is 0.410 e. The second-order valence-electron chi connectivity index (χ2n) is 9.33. The van der Waals surface area contributed by atoms with E-state index in [0.29, 0.717) is 19.6 Å². The Morgan fingerprint density at radius 3 is 2.69 bits per heavy atom. The van der Waals surface area contributed by atoms with Gasteiger partial charge in [0.1, 0.15) is 17.0 Å². The zero-order valence-corrected chi connectivity index (χ0v) is 18.8. The van der Waals surface area contributed by atoms with Crippen LogP contribution in [0.3, 0.4) is 0 Å². The number of carbonyl (C=O) groups excluding carboxylic acids is 1. The molecule has 10 heteroatoms. The lowest BCUT2D eigenvalue weighted by atomic mass is 9.92. The summed E-state index contributed by atoms with van der Waals surface area (Å²) in [4.78, 5) is 42.6. The van der Waals surface area contributed by atoms with Crippen LogP contribution in [0.15, 0.2) is 17.1 Å². The minimum absolute atomic E-state index is 0.0107. The molecule has 1 amide bonds. The molecule has 0 bridgehead atoms. The number of anilines is 1. The predicted molar refractivity (Wildman–Crippen MR) is 118 cm³/mol. The average Bonchev–Trinajstić information content (AvgIpc) is 3.10. The van der Waals surface area contributed by atoms with Gasteiger partial charge in [-0.25, -0.2) is 14.0 Å². The van der Waals surface area contributed by atoms with E-state index < -0.39 is 28.4 Å². The molecule has 2 fully saturated rings. The number of halogens is 2. The second kappa shape index (κ2) is 7.95. The van der Waals surface area contributed by atoms with Gasteiger partial charge in [-0.15, -0.1) is 0 Å². The van der Waals surface area contributed by atoms with E-state index in [9.17, 15) is 14.4 Å². The van der Waals surface area contributed by atoms with Crippen LogP contribution in [-0.4, -0.2) is 58.3 Å². The third kappa shape index (κ3) is 3.90. The van der Waals surface area contributed by atoms with Crippen LogP contribution in [0, 0.1) is 11.7 Å². The number of H-pyrrole nitrogens is 1. The van der Waals surface area contributed by atoms with Crippen molar-refractivity contribution < 1.29 is 23.8 Å². The minimum atomic E-state index is -1.40. The number of amides is 1. The molecule has 2 N–H and O–H groups in total. The molecule has 8 nitrogen and oxygen atoms in total. The molecule has 4 rings (SSSR count). The molecule has 0 aliphatic carbocycles. The number of benzene rings is 1. The summed E-state index contributed by atoms with van der Waals surface area (Å²) in [6.45, 7) is 6.90. The van der Waals surface area contributed by atoms with Crippen LogP contribution < -0.4 is 10.3 Å². The molecule has 1 aromatic carbocycles. The van der Waals surface area contributed by atoms with Gasteiger partial charge in [0.25, 0.3) is 0 Å². The molecule has 2 atom stereocenters. The Hall–Kier alpha value is -2.81. The molecule has 3 heterocycles. The summed E-state index contributed by atoms with van der Waals surface area (Å²) >= 11 is 6.51. The minimum Gasteiger partial charge on any atom is -0.477 e. The number of hydrogen-bond acceptors (Lipinski definition) is 5. The van der Waals surface area contributed by atoms with Crippen molar-refractivity contribution in [2.24, 2.45) is 5.92 Å². The van der Waals surface area contributed by atoms with E-state index in [4.69, 9.17) is 21.4 Å². The summed E-state index contributed by atoms with van der Waals surface area (Å²) in [5.41, 5.74) is -1.59. The molecular weight excluding hydrogens is 441 g/mol. The van der Waals surface area contributed by atoms with E-state index in [1.54, 1.807) is 9.80 Å². The van der Waals surface area contributed by atoms with E-state index in [1.165, 1.54) is 0 Å². The summed E-state index contributed by atoms with van der Waals surface area (Å²) < 4.78 is 20.7. The van der Waals surface area contributed by atoms with Gasteiger partial charge < -0.3 is 24.6 Å². The highest BCUT2D eigenvalue weighted by Gasteiger charge is 2.43. The second-order valence-corrected chi connectivity index (χ2v) is 9.71. The van der Waals surface area contributed by atoms with E-state index in [0.717, 1.165) is 25.1 Å². The Morgan fingerprint density at radius 2 is 2.03 bits per heavy atom. The summed E-state index contributed by atoms with van der Waals surface area (Å²) in [6, 6.07) is 0.883. The van der Waals surface area contributed by atoms with Crippen molar-refractivity contribution in [3.05, 3.63) is 38.9 Å². The third-order valence-electron chi connectivity index (χ3n) is 6.00. The first-order chi connectivity index (χ1) is 15.0. The highest BCUT2D eigenvalue weighted by atomic mass is 35.5. The van der Waals surface area contributed by atoms with Gasteiger partial charge in [-0.1, -0.05) is 11.6 Å². The van der Waals surface area contributed by atoms with Gasteiger partial charge in [-0.2, -0.15) is 0 Å². The Kier molecular flexibility index (Phi) is 5.56. The number of aromatic nitrogens is 1. The number of nitrogens with one attached hydrogen (secondary N) is 1. The van der Waals surface area contributed by atoms with Gasteiger partial charge in [0, 0.05) is 25.8 Å². The number of aromatic amines is 1. The van der Waals surface area contributed by atoms with Crippen molar-refractivity contribution in [3.63, 3.8) is 0 Å². The van der Waals surface area contributed by atoms with Crippen LogP contribution in [0.25, 0.3) is 10.9 Å². The standard InChI is InChI=1S/C22H25ClFN3O5/c1-22(2,3)32-21(31)27-6-4-5-11-9-26(10-15(11)27)18-14(24)7-12-17(16(18)23)25-8-13(19(12)28)20(29)30/h7-8,11,15H,4-6,9-10H2,1-3H3,(H,25,28)(H,29,30)/t11-,15+/m0/s1. The average molecular weight is 466 g/mol. The number of hydrogen-bond donors (Lipinski definition) is 2. The van der Waals surface area contributed by atoms with Crippen molar-refractivity contribution in [1.29, 1.82) is 0 Å². The topological polar surface area (TPSA) is 103 Å². The van der Waals surface area contributed by atoms with Crippen molar-refractivity contribution in [1.82, 2.24) is 9.88 Å². The lowest BCUT2D eigenvalue weighted by Crippen LogP contribution is -2.50. The van der Waals surface area contributed by atoms with Gasteiger partial charge in [-0.05, 0) is 45.6 Å². The zero-order valence-electron chi connectivity index (χ0n) is 18.1. The number of fused-ring (bicyclic) bond motifs is 2. The van der Waals surface area contributed by atoms with Gasteiger partial charge in [0.05, 0.1) is 27.7 Å². The molecule has 0 unspecified atom stereocenters. The first kappa shape index (κ1) is 22.4. The Morgan fingerprint density at radius 1 is 1.31 bits per heavy atom. The van der Waals surface area contributed by atoms with E-state index in [-0.39, 0.29) is 39.7 Å². The van der Waals surface area contributed by atoms with Crippen molar-refractivity contribution in [3.8, 4) is 0 Å². The number of likely N-dealkylation sites (tertiary alicyclic amines) is 1. The summed E-state index contributed by atoms with van der Waals surface area (Å²) in [5, 5.41) is 9.04. The van der Waals surface area contributed by atoms with Crippen molar-refractivity contribution >= 4 is 40.3 Å². The van der Waals surface area contributed by atoms with Crippen LogP contribution in [0.2, 0.25) is 5.02 Å². The molecule has 1 aromatic heterocycles. The van der Waals surface area contributed by atoms with E-state index in [2.05, 4.69) is 4.98 Å². The monoisotopic (exact) mass is 465 g/mol.